The van der Waals surface area contributed by atoms with Crippen molar-refractivity contribution in [1.29, 1.82) is 0 Å². The number of ether oxygens (including phenoxy) is 1. The molecule has 0 amide bonds. The van der Waals surface area contributed by atoms with E-state index in [4.69, 9.17) is 27.9 Å². The molecule has 4 heteroatoms. The highest BCUT2D eigenvalue weighted by Crippen LogP contribution is 2.35. The van der Waals surface area contributed by atoms with Crippen LogP contribution < -0.4 is 10.1 Å². The van der Waals surface area contributed by atoms with E-state index in [-0.39, 0.29) is 0 Å². The first-order valence-corrected chi connectivity index (χ1v) is 4.82. The number of halogens is 2. The summed E-state index contributed by atoms with van der Waals surface area (Å²) in [6, 6.07) is 3.52. The zero-order chi connectivity index (χ0) is 10.6. The molecule has 0 saturated heterocycles. The fourth-order valence-electron chi connectivity index (χ4n) is 1.05. The quantitative estimate of drug-likeness (QED) is 0.800. The molecule has 0 radical (unpaired) electrons. The molecule has 0 heterocycles. The Kier molecular flexibility index (Phi) is 4.11. The third-order valence-corrected chi connectivity index (χ3v) is 2.21. The maximum absolute atomic E-state index is 5.94. The van der Waals surface area contributed by atoms with E-state index in [9.17, 15) is 0 Å². The van der Waals surface area contributed by atoms with E-state index >= 15 is 0 Å². The van der Waals surface area contributed by atoms with Crippen LogP contribution in [0.2, 0.25) is 10.0 Å². The van der Waals surface area contributed by atoms with Crippen LogP contribution in [0, 0.1) is 0 Å². The van der Waals surface area contributed by atoms with Gasteiger partial charge in [-0.2, -0.15) is 0 Å². The molecular weight excluding hydrogens is 221 g/mol. The second kappa shape index (κ2) is 5.13. The number of hydrogen-bond acceptors (Lipinski definition) is 2. The Labute approximate surface area is 93.5 Å². The van der Waals surface area contributed by atoms with Crippen molar-refractivity contribution in [3.05, 3.63) is 34.8 Å². The topological polar surface area (TPSA) is 21.3 Å². The van der Waals surface area contributed by atoms with Gasteiger partial charge >= 0.3 is 0 Å². The van der Waals surface area contributed by atoms with Crippen molar-refractivity contribution in [1.82, 2.24) is 0 Å². The van der Waals surface area contributed by atoms with Gasteiger partial charge in [-0.1, -0.05) is 29.3 Å². The third-order valence-electron chi connectivity index (χ3n) is 1.65. The minimum absolute atomic E-state index is 0.492. The van der Waals surface area contributed by atoms with E-state index in [1.807, 2.05) is 0 Å². The fraction of sp³-hybridized carbons (Fsp3) is 0.200. The van der Waals surface area contributed by atoms with Gasteiger partial charge in [0, 0.05) is 12.2 Å². The van der Waals surface area contributed by atoms with Crippen LogP contribution >= 0.6 is 23.2 Å². The highest BCUT2D eigenvalue weighted by molar-refractivity contribution is 6.37. The monoisotopic (exact) mass is 231 g/mol. The number of benzene rings is 1. The lowest BCUT2D eigenvalue weighted by atomic mass is 10.3. The Hall–Kier alpha value is -0.860. The first-order valence-electron chi connectivity index (χ1n) is 4.07. The van der Waals surface area contributed by atoms with Gasteiger partial charge in [0.15, 0.2) is 5.75 Å². The van der Waals surface area contributed by atoms with Crippen molar-refractivity contribution in [2.24, 2.45) is 0 Å². The van der Waals surface area contributed by atoms with Crippen molar-refractivity contribution < 1.29 is 4.74 Å². The number of anilines is 1. The minimum atomic E-state index is 0.492. The number of rotatable bonds is 4. The zero-order valence-electron chi connectivity index (χ0n) is 7.81. The number of nitrogens with one attached hydrogen (secondary N) is 1. The fourth-order valence-corrected chi connectivity index (χ4v) is 1.69. The average molecular weight is 232 g/mol. The largest absolute Gasteiger partial charge is 0.494 e. The molecule has 0 fully saturated rings. The normalized spacial score (nSPS) is 9.64. The van der Waals surface area contributed by atoms with E-state index in [0.717, 1.165) is 5.69 Å². The molecule has 0 aliphatic carbocycles. The lowest BCUT2D eigenvalue weighted by molar-refractivity contribution is 0.415. The van der Waals surface area contributed by atoms with Gasteiger partial charge < -0.3 is 10.1 Å². The SMILES string of the molecule is C=CCNc1cc(Cl)c(OC)c(Cl)c1. The summed E-state index contributed by atoms with van der Waals surface area (Å²) in [6.45, 7) is 4.27. The van der Waals surface area contributed by atoms with Crippen molar-refractivity contribution in [2.45, 2.75) is 0 Å². The number of hydrogen-bond donors (Lipinski definition) is 1. The van der Waals surface area contributed by atoms with Crippen LogP contribution in [-0.4, -0.2) is 13.7 Å². The summed E-state index contributed by atoms with van der Waals surface area (Å²) in [6.07, 6.45) is 1.76. The molecule has 0 aliphatic heterocycles. The van der Waals surface area contributed by atoms with Gasteiger partial charge in [0.2, 0.25) is 0 Å². The van der Waals surface area contributed by atoms with Gasteiger partial charge in [-0.05, 0) is 12.1 Å². The Balaban J connectivity index is 2.95. The van der Waals surface area contributed by atoms with Gasteiger partial charge in [0.25, 0.3) is 0 Å². The molecule has 0 spiro atoms. The van der Waals surface area contributed by atoms with Gasteiger partial charge in [-0.15, -0.1) is 6.58 Å². The molecule has 1 rings (SSSR count). The summed E-state index contributed by atoms with van der Waals surface area (Å²) in [4.78, 5) is 0. The van der Waals surface area contributed by atoms with E-state index in [1.165, 1.54) is 7.11 Å². The molecule has 0 saturated carbocycles. The molecule has 0 atom stereocenters. The molecular formula is C10H11Cl2NO. The summed E-state index contributed by atoms with van der Waals surface area (Å²) in [7, 11) is 1.53. The second-order valence-corrected chi connectivity index (χ2v) is 3.46. The van der Waals surface area contributed by atoms with Crippen molar-refractivity contribution >= 4 is 28.9 Å². The minimum Gasteiger partial charge on any atom is -0.494 e. The van der Waals surface area contributed by atoms with Crippen LogP contribution in [0.3, 0.4) is 0 Å². The Morgan fingerprint density at radius 2 is 2.00 bits per heavy atom. The van der Waals surface area contributed by atoms with E-state index in [0.29, 0.717) is 22.3 Å². The average Bonchev–Trinajstić information content (AvgIpc) is 2.14. The highest BCUT2D eigenvalue weighted by Gasteiger charge is 2.07. The molecule has 14 heavy (non-hydrogen) atoms. The van der Waals surface area contributed by atoms with Crippen LogP contribution in [0.5, 0.6) is 5.75 Å². The van der Waals surface area contributed by atoms with Crippen molar-refractivity contribution in [3.63, 3.8) is 0 Å². The van der Waals surface area contributed by atoms with Gasteiger partial charge in [0.05, 0.1) is 17.2 Å². The maximum atomic E-state index is 5.94. The predicted octanol–water partition coefficient (Wildman–Crippen LogP) is 3.60. The maximum Gasteiger partial charge on any atom is 0.156 e. The van der Waals surface area contributed by atoms with Gasteiger partial charge in [0.1, 0.15) is 0 Å². The van der Waals surface area contributed by atoms with E-state index in [2.05, 4.69) is 11.9 Å². The predicted molar refractivity (Wildman–Crippen MR) is 61.7 cm³/mol. The highest BCUT2D eigenvalue weighted by atomic mass is 35.5. The number of methoxy groups -OCH3 is 1. The lowest BCUT2D eigenvalue weighted by Crippen LogP contribution is -1.98. The summed E-state index contributed by atoms with van der Waals surface area (Å²) in [5.74, 6) is 0.498. The molecule has 1 N–H and O–H groups in total. The summed E-state index contributed by atoms with van der Waals surface area (Å²) in [5, 5.41) is 4.07. The lowest BCUT2D eigenvalue weighted by Gasteiger charge is -2.09. The molecule has 0 aliphatic rings. The van der Waals surface area contributed by atoms with Crippen LogP contribution in [0.25, 0.3) is 0 Å². The van der Waals surface area contributed by atoms with Gasteiger partial charge in [-0.3, -0.25) is 0 Å². The molecule has 2 nitrogen and oxygen atoms in total. The van der Waals surface area contributed by atoms with E-state index < -0.39 is 0 Å². The smallest absolute Gasteiger partial charge is 0.156 e. The second-order valence-electron chi connectivity index (χ2n) is 2.64. The van der Waals surface area contributed by atoms with E-state index in [1.54, 1.807) is 18.2 Å². The molecule has 76 valence electrons. The Morgan fingerprint density at radius 3 is 2.43 bits per heavy atom. The van der Waals surface area contributed by atoms with Crippen LogP contribution in [0.1, 0.15) is 0 Å². The summed E-state index contributed by atoms with van der Waals surface area (Å²) < 4.78 is 5.02. The molecule has 0 aromatic heterocycles. The van der Waals surface area contributed by atoms with Crippen LogP contribution in [0.4, 0.5) is 5.69 Å². The van der Waals surface area contributed by atoms with Crippen LogP contribution in [0.15, 0.2) is 24.8 Å². The van der Waals surface area contributed by atoms with Crippen molar-refractivity contribution in [3.8, 4) is 5.75 Å². The molecule has 0 unspecified atom stereocenters. The first kappa shape index (κ1) is 11.2. The van der Waals surface area contributed by atoms with Crippen LogP contribution in [-0.2, 0) is 0 Å². The summed E-state index contributed by atoms with van der Waals surface area (Å²) in [5.41, 5.74) is 0.848. The Morgan fingerprint density at radius 1 is 1.43 bits per heavy atom. The zero-order valence-corrected chi connectivity index (χ0v) is 9.32. The molecule has 1 aromatic rings. The molecule has 0 bridgehead atoms. The van der Waals surface area contributed by atoms with Crippen molar-refractivity contribution in [2.75, 3.05) is 19.0 Å². The first-order chi connectivity index (χ1) is 6.69. The standard InChI is InChI=1S/C10H11Cl2NO/c1-3-4-13-7-5-8(11)10(14-2)9(12)6-7/h3,5-6,13H,1,4H2,2H3. The third kappa shape index (κ3) is 2.56. The summed E-state index contributed by atoms with van der Waals surface area (Å²) >= 11 is 11.9. The molecule has 1 aromatic carbocycles. The Bertz CT molecular complexity index is 316. The van der Waals surface area contributed by atoms with Gasteiger partial charge in [-0.25, -0.2) is 0 Å².